The average Bonchev–Trinajstić information content (AvgIpc) is 2.44. The van der Waals surface area contributed by atoms with E-state index in [1.807, 2.05) is 14.0 Å². The van der Waals surface area contributed by atoms with Gasteiger partial charge in [-0.05, 0) is 45.7 Å². The monoisotopic (exact) mass is 280 g/mol. The molecular weight excluding hydrogens is 248 g/mol. The van der Waals surface area contributed by atoms with Crippen LogP contribution in [0.4, 0.5) is 0 Å². The Morgan fingerprint density at radius 2 is 1.75 bits per heavy atom. The third-order valence-corrected chi connectivity index (χ3v) is 4.29. The third-order valence-electron chi connectivity index (χ3n) is 4.29. The van der Waals surface area contributed by atoms with E-state index in [-0.39, 0.29) is 5.54 Å². The molecule has 0 radical (unpaired) electrons. The molecule has 1 N–H and O–H groups in total. The van der Waals surface area contributed by atoms with Crippen LogP contribution >= 0.6 is 0 Å². The molecule has 4 heteroatoms. The van der Waals surface area contributed by atoms with E-state index in [0.717, 1.165) is 18.8 Å². The lowest BCUT2D eigenvalue weighted by Crippen LogP contribution is -2.47. The van der Waals surface area contributed by atoms with Crippen molar-refractivity contribution >= 4 is 0 Å². The predicted molar refractivity (Wildman–Crippen MR) is 84.6 cm³/mol. The number of hydrogen-bond donors (Lipinski definition) is 1. The highest BCUT2D eigenvalue weighted by molar-refractivity contribution is 5.02. The number of hydrogen-bond acceptors (Lipinski definition) is 4. The Morgan fingerprint density at radius 1 is 1.15 bits per heavy atom. The van der Waals surface area contributed by atoms with Crippen LogP contribution in [0.5, 0.6) is 0 Å². The first-order valence-electron chi connectivity index (χ1n) is 8.04. The first-order valence-corrected chi connectivity index (χ1v) is 8.04. The smallest absolute Gasteiger partial charge is 0.103 e. The number of piperazine rings is 1. The van der Waals surface area contributed by atoms with Crippen molar-refractivity contribution in [1.82, 2.24) is 15.1 Å². The van der Waals surface area contributed by atoms with Crippen LogP contribution in [0.1, 0.15) is 40.0 Å². The molecule has 1 heterocycles. The first-order chi connectivity index (χ1) is 9.49. The van der Waals surface area contributed by atoms with Gasteiger partial charge in [-0.1, -0.05) is 13.8 Å². The molecular formula is C16H32N4. The second-order valence-electron chi connectivity index (χ2n) is 6.69. The topological polar surface area (TPSA) is 42.3 Å². The zero-order valence-corrected chi connectivity index (χ0v) is 13.8. The van der Waals surface area contributed by atoms with Crippen molar-refractivity contribution in [2.24, 2.45) is 5.92 Å². The van der Waals surface area contributed by atoms with Crippen molar-refractivity contribution in [3.8, 4) is 6.07 Å². The van der Waals surface area contributed by atoms with E-state index in [4.69, 9.17) is 5.26 Å². The van der Waals surface area contributed by atoms with Crippen LogP contribution in [0.3, 0.4) is 0 Å². The summed E-state index contributed by atoms with van der Waals surface area (Å²) in [6.45, 7) is 13.8. The van der Waals surface area contributed by atoms with Gasteiger partial charge in [0.1, 0.15) is 5.54 Å². The minimum atomic E-state index is -0.351. The molecule has 1 fully saturated rings. The maximum Gasteiger partial charge on any atom is 0.103 e. The fraction of sp³-hybridized carbons (Fsp3) is 0.938. The lowest BCUT2D eigenvalue weighted by Gasteiger charge is -2.35. The van der Waals surface area contributed by atoms with Crippen molar-refractivity contribution in [1.29, 1.82) is 5.26 Å². The third kappa shape index (κ3) is 6.21. The summed E-state index contributed by atoms with van der Waals surface area (Å²) in [5, 5.41) is 12.2. The van der Waals surface area contributed by atoms with Crippen molar-refractivity contribution in [3.05, 3.63) is 0 Å². The molecule has 4 nitrogen and oxygen atoms in total. The molecule has 1 aliphatic rings. The van der Waals surface area contributed by atoms with Gasteiger partial charge in [-0.15, -0.1) is 0 Å². The molecule has 0 aromatic rings. The Hall–Kier alpha value is -0.630. The molecule has 0 aliphatic carbocycles. The van der Waals surface area contributed by atoms with Gasteiger partial charge in [0.25, 0.3) is 0 Å². The van der Waals surface area contributed by atoms with Gasteiger partial charge < -0.3 is 15.1 Å². The normalized spacial score (nSPS) is 20.8. The van der Waals surface area contributed by atoms with Crippen LogP contribution in [0.2, 0.25) is 0 Å². The molecule has 1 rings (SSSR count). The van der Waals surface area contributed by atoms with Gasteiger partial charge in [-0.25, -0.2) is 0 Å². The fourth-order valence-corrected chi connectivity index (χ4v) is 2.76. The van der Waals surface area contributed by atoms with Crippen molar-refractivity contribution < 1.29 is 0 Å². The van der Waals surface area contributed by atoms with E-state index in [9.17, 15) is 0 Å². The standard InChI is InChI=1S/C16H32N4/c1-15(2)13-20-11-9-19(10-12-20)8-6-5-7-16(3,14-17)18-4/h15,18H,5-13H2,1-4H3. The molecule has 0 amide bonds. The summed E-state index contributed by atoms with van der Waals surface area (Å²) in [7, 11) is 1.87. The number of nitrogens with one attached hydrogen (secondary N) is 1. The van der Waals surface area contributed by atoms with Crippen LogP contribution in [0.25, 0.3) is 0 Å². The van der Waals surface area contributed by atoms with E-state index in [0.29, 0.717) is 0 Å². The molecule has 0 spiro atoms. The molecule has 1 saturated heterocycles. The van der Waals surface area contributed by atoms with Crippen LogP contribution in [-0.2, 0) is 0 Å². The Labute approximate surface area is 125 Å². The van der Waals surface area contributed by atoms with Crippen LogP contribution in [0, 0.1) is 17.2 Å². The molecule has 1 atom stereocenters. The van der Waals surface area contributed by atoms with Gasteiger partial charge in [0, 0.05) is 32.7 Å². The minimum Gasteiger partial charge on any atom is -0.303 e. The molecule has 20 heavy (non-hydrogen) atoms. The van der Waals surface area contributed by atoms with Crippen molar-refractivity contribution in [3.63, 3.8) is 0 Å². The highest BCUT2D eigenvalue weighted by atomic mass is 15.3. The van der Waals surface area contributed by atoms with Crippen LogP contribution in [-0.4, -0.2) is 61.7 Å². The van der Waals surface area contributed by atoms with Gasteiger partial charge in [0.15, 0.2) is 0 Å². The van der Waals surface area contributed by atoms with Crippen molar-refractivity contribution in [2.75, 3.05) is 46.3 Å². The molecule has 0 aromatic carbocycles. The maximum absolute atomic E-state index is 9.11. The molecule has 1 unspecified atom stereocenters. The van der Waals surface area contributed by atoms with E-state index in [1.165, 1.54) is 45.7 Å². The zero-order chi connectivity index (χ0) is 15.0. The second kappa shape index (κ2) is 8.61. The Balaban J connectivity index is 2.12. The van der Waals surface area contributed by atoms with Crippen molar-refractivity contribution in [2.45, 2.75) is 45.6 Å². The quantitative estimate of drug-likeness (QED) is 0.690. The second-order valence-corrected chi connectivity index (χ2v) is 6.69. The largest absolute Gasteiger partial charge is 0.303 e. The van der Waals surface area contributed by atoms with Crippen LogP contribution in [0.15, 0.2) is 0 Å². The number of nitriles is 1. The van der Waals surface area contributed by atoms with E-state index >= 15 is 0 Å². The summed E-state index contributed by atoms with van der Waals surface area (Å²) in [5.74, 6) is 0.770. The molecule has 0 bridgehead atoms. The lowest BCUT2D eigenvalue weighted by atomic mass is 9.97. The maximum atomic E-state index is 9.11. The minimum absolute atomic E-state index is 0.351. The predicted octanol–water partition coefficient (Wildman–Crippen LogP) is 1.93. The van der Waals surface area contributed by atoms with E-state index < -0.39 is 0 Å². The molecule has 1 aliphatic heterocycles. The van der Waals surface area contributed by atoms with Crippen LogP contribution < -0.4 is 5.32 Å². The molecule has 116 valence electrons. The summed E-state index contributed by atoms with van der Waals surface area (Å²) in [6.07, 6.45) is 3.26. The summed E-state index contributed by atoms with van der Waals surface area (Å²) in [5.41, 5.74) is -0.351. The van der Waals surface area contributed by atoms with Gasteiger partial charge >= 0.3 is 0 Å². The first kappa shape index (κ1) is 17.4. The summed E-state index contributed by atoms with van der Waals surface area (Å²) < 4.78 is 0. The summed E-state index contributed by atoms with van der Waals surface area (Å²) in [4.78, 5) is 5.15. The zero-order valence-electron chi connectivity index (χ0n) is 13.8. The highest BCUT2D eigenvalue weighted by Gasteiger charge is 2.21. The molecule has 0 saturated carbocycles. The Morgan fingerprint density at radius 3 is 2.25 bits per heavy atom. The summed E-state index contributed by atoms with van der Waals surface area (Å²) in [6, 6.07) is 2.36. The summed E-state index contributed by atoms with van der Waals surface area (Å²) >= 11 is 0. The van der Waals surface area contributed by atoms with E-state index in [1.54, 1.807) is 0 Å². The van der Waals surface area contributed by atoms with Gasteiger partial charge in [0.2, 0.25) is 0 Å². The molecule has 0 aromatic heterocycles. The number of unbranched alkanes of at least 4 members (excludes halogenated alkanes) is 1. The highest BCUT2D eigenvalue weighted by Crippen LogP contribution is 2.13. The van der Waals surface area contributed by atoms with Gasteiger partial charge in [-0.2, -0.15) is 5.26 Å². The van der Waals surface area contributed by atoms with Gasteiger partial charge in [-0.3, -0.25) is 0 Å². The number of rotatable bonds is 8. The SMILES string of the molecule is CNC(C)(C#N)CCCCN1CCN(CC(C)C)CC1. The van der Waals surface area contributed by atoms with Gasteiger partial charge in [0.05, 0.1) is 6.07 Å². The van der Waals surface area contributed by atoms with E-state index in [2.05, 4.69) is 35.0 Å². The number of nitrogens with zero attached hydrogens (tertiary/aromatic N) is 3. The Bertz CT molecular complexity index is 302. The Kier molecular flexibility index (Phi) is 7.50. The fourth-order valence-electron chi connectivity index (χ4n) is 2.76. The lowest BCUT2D eigenvalue weighted by molar-refractivity contribution is 0.120. The average molecular weight is 280 g/mol.